The normalized spacial score (nSPS) is 33.0. The maximum atomic E-state index is 9.09. The first kappa shape index (κ1) is 6.09. The van der Waals surface area contributed by atoms with Gasteiger partial charge < -0.3 is 5.11 Å². The molecular weight excluding hydrogens is 100 g/mol. The van der Waals surface area contributed by atoms with Gasteiger partial charge in [0.2, 0.25) is 0 Å². The lowest BCUT2D eigenvalue weighted by atomic mass is 9.88. The SMILES string of the molecule is CC1CCCC[C]1O. The van der Waals surface area contributed by atoms with Crippen molar-refractivity contribution in [3.63, 3.8) is 0 Å². The zero-order valence-corrected chi connectivity index (χ0v) is 5.35. The van der Waals surface area contributed by atoms with Crippen LogP contribution in [-0.4, -0.2) is 5.11 Å². The van der Waals surface area contributed by atoms with E-state index in [1.165, 1.54) is 19.3 Å². The summed E-state index contributed by atoms with van der Waals surface area (Å²) in [6, 6.07) is 0. The molecule has 1 saturated carbocycles. The van der Waals surface area contributed by atoms with E-state index in [0.29, 0.717) is 5.92 Å². The number of hydrogen-bond acceptors (Lipinski definition) is 1. The Hall–Kier alpha value is -0.0400. The van der Waals surface area contributed by atoms with Crippen molar-refractivity contribution in [1.29, 1.82) is 0 Å². The van der Waals surface area contributed by atoms with Crippen LogP contribution in [0.5, 0.6) is 0 Å². The van der Waals surface area contributed by atoms with Gasteiger partial charge in [0.1, 0.15) is 0 Å². The Kier molecular flexibility index (Phi) is 1.90. The van der Waals surface area contributed by atoms with Gasteiger partial charge in [-0.3, -0.25) is 0 Å². The Bertz CT molecular complexity index is 60.8. The standard InChI is InChI=1S/C7H13O/c1-6-4-2-3-5-7(6)8/h6,8H,2-5H2,1H3. The van der Waals surface area contributed by atoms with Crippen molar-refractivity contribution < 1.29 is 5.11 Å². The summed E-state index contributed by atoms with van der Waals surface area (Å²) in [6.45, 7) is 2.09. The first-order valence-corrected chi connectivity index (χ1v) is 3.35. The Morgan fingerprint density at radius 1 is 1.50 bits per heavy atom. The number of rotatable bonds is 0. The highest BCUT2D eigenvalue weighted by Crippen LogP contribution is 2.28. The molecule has 0 saturated heterocycles. The second kappa shape index (κ2) is 2.49. The smallest absolute Gasteiger partial charge is 0.0961 e. The van der Waals surface area contributed by atoms with Gasteiger partial charge in [-0.1, -0.05) is 19.8 Å². The number of aliphatic hydroxyl groups is 1. The lowest BCUT2D eigenvalue weighted by Gasteiger charge is -2.22. The Labute approximate surface area is 50.7 Å². The summed E-state index contributed by atoms with van der Waals surface area (Å²) in [6.07, 6.45) is 5.34. The van der Waals surface area contributed by atoms with Crippen LogP contribution in [-0.2, 0) is 0 Å². The average Bonchev–Trinajstić information content (AvgIpc) is 1.77. The average molecular weight is 113 g/mol. The molecular formula is C7H13O. The molecule has 1 N–H and O–H groups in total. The van der Waals surface area contributed by atoms with Gasteiger partial charge in [-0.2, -0.15) is 0 Å². The first-order chi connectivity index (χ1) is 3.80. The molecule has 1 rings (SSSR count). The van der Waals surface area contributed by atoms with Gasteiger partial charge in [-0.15, -0.1) is 0 Å². The summed E-state index contributed by atoms with van der Waals surface area (Å²) in [5, 5.41) is 9.09. The highest BCUT2D eigenvalue weighted by molar-refractivity contribution is 4.85. The van der Waals surface area contributed by atoms with Crippen LogP contribution in [0.15, 0.2) is 0 Å². The van der Waals surface area contributed by atoms with Crippen molar-refractivity contribution in [2.45, 2.75) is 32.6 Å². The largest absolute Gasteiger partial charge is 0.387 e. The molecule has 1 atom stereocenters. The first-order valence-electron chi connectivity index (χ1n) is 3.35. The van der Waals surface area contributed by atoms with Gasteiger partial charge in [0.25, 0.3) is 0 Å². The second-order valence-corrected chi connectivity index (χ2v) is 2.64. The van der Waals surface area contributed by atoms with E-state index >= 15 is 0 Å². The zero-order valence-electron chi connectivity index (χ0n) is 5.35. The van der Waals surface area contributed by atoms with Gasteiger partial charge in [0, 0.05) is 0 Å². The molecule has 8 heavy (non-hydrogen) atoms. The molecule has 0 spiro atoms. The molecule has 0 aromatic carbocycles. The van der Waals surface area contributed by atoms with Crippen LogP contribution in [0.3, 0.4) is 0 Å². The van der Waals surface area contributed by atoms with Gasteiger partial charge in [0.05, 0.1) is 6.10 Å². The van der Waals surface area contributed by atoms with Crippen LogP contribution >= 0.6 is 0 Å². The number of aliphatic hydroxyl groups excluding tert-OH is 1. The van der Waals surface area contributed by atoms with Crippen molar-refractivity contribution in [1.82, 2.24) is 0 Å². The Morgan fingerprint density at radius 3 is 2.62 bits per heavy atom. The molecule has 1 radical (unpaired) electrons. The Balaban J connectivity index is 2.28. The van der Waals surface area contributed by atoms with Gasteiger partial charge >= 0.3 is 0 Å². The molecule has 0 bridgehead atoms. The van der Waals surface area contributed by atoms with Crippen LogP contribution in [0, 0.1) is 12.0 Å². The quantitative estimate of drug-likeness (QED) is 0.510. The molecule has 0 aromatic rings. The molecule has 1 heteroatoms. The predicted molar refractivity (Wildman–Crippen MR) is 32.8 cm³/mol. The molecule has 1 nitrogen and oxygen atoms in total. The predicted octanol–water partition coefficient (Wildman–Crippen LogP) is 2.10. The second-order valence-electron chi connectivity index (χ2n) is 2.64. The van der Waals surface area contributed by atoms with E-state index in [-0.39, 0.29) is 0 Å². The lowest BCUT2D eigenvalue weighted by molar-refractivity contribution is 0.186. The van der Waals surface area contributed by atoms with E-state index in [9.17, 15) is 0 Å². The van der Waals surface area contributed by atoms with Crippen LogP contribution in [0.25, 0.3) is 0 Å². The summed E-state index contributed by atoms with van der Waals surface area (Å²) >= 11 is 0. The summed E-state index contributed by atoms with van der Waals surface area (Å²) in [5.41, 5.74) is 0. The van der Waals surface area contributed by atoms with E-state index in [4.69, 9.17) is 5.11 Å². The van der Waals surface area contributed by atoms with Crippen LogP contribution in [0.1, 0.15) is 32.6 Å². The van der Waals surface area contributed by atoms with E-state index in [2.05, 4.69) is 6.92 Å². The highest BCUT2D eigenvalue weighted by Gasteiger charge is 2.18. The van der Waals surface area contributed by atoms with Crippen LogP contribution in [0.4, 0.5) is 0 Å². The molecule has 1 fully saturated rings. The summed E-state index contributed by atoms with van der Waals surface area (Å²) < 4.78 is 0. The monoisotopic (exact) mass is 113 g/mol. The molecule has 0 aromatic heterocycles. The van der Waals surface area contributed by atoms with Crippen molar-refractivity contribution in [3.8, 4) is 0 Å². The molecule has 0 heterocycles. The molecule has 1 aliphatic rings. The minimum absolute atomic E-state index is 0.476. The lowest BCUT2D eigenvalue weighted by Crippen LogP contribution is -2.12. The fourth-order valence-electron chi connectivity index (χ4n) is 1.17. The van der Waals surface area contributed by atoms with E-state index in [1.807, 2.05) is 0 Å². The van der Waals surface area contributed by atoms with Gasteiger partial charge in [0.15, 0.2) is 0 Å². The molecule has 47 valence electrons. The summed E-state index contributed by atoms with van der Waals surface area (Å²) in [5.74, 6) is 0.476. The summed E-state index contributed by atoms with van der Waals surface area (Å²) in [4.78, 5) is 0. The Morgan fingerprint density at radius 2 is 2.25 bits per heavy atom. The van der Waals surface area contributed by atoms with Crippen molar-refractivity contribution >= 4 is 0 Å². The van der Waals surface area contributed by atoms with E-state index in [0.717, 1.165) is 12.5 Å². The maximum absolute atomic E-state index is 9.09. The topological polar surface area (TPSA) is 20.2 Å². The van der Waals surface area contributed by atoms with Crippen molar-refractivity contribution in [3.05, 3.63) is 6.10 Å². The minimum atomic E-state index is 0.476. The number of hydrogen-bond donors (Lipinski definition) is 1. The summed E-state index contributed by atoms with van der Waals surface area (Å²) in [7, 11) is 0. The van der Waals surface area contributed by atoms with E-state index < -0.39 is 0 Å². The van der Waals surface area contributed by atoms with Crippen molar-refractivity contribution in [2.75, 3.05) is 0 Å². The molecule has 1 unspecified atom stereocenters. The third kappa shape index (κ3) is 1.22. The fourth-order valence-corrected chi connectivity index (χ4v) is 1.17. The fraction of sp³-hybridized carbons (Fsp3) is 0.857. The van der Waals surface area contributed by atoms with Crippen molar-refractivity contribution in [2.24, 2.45) is 5.92 Å². The van der Waals surface area contributed by atoms with Crippen LogP contribution < -0.4 is 0 Å². The molecule has 1 aliphatic carbocycles. The molecule has 0 aliphatic heterocycles. The minimum Gasteiger partial charge on any atom is -0.387 e. The molecule has 0 amide bonds. The third-order valence-electron chi connectivity index (χ3n) is 1.89. The van der Waals surface area contributed by atoms with Gasteiger partial charge in [-0.05, 0) is 18.8 Å². The van der Waals surface area contributed by atoms with E-state index in [1.54, 1.807) is 0 Å². The zero-order chi connectivity index (χ0) is 5.98. The maximum Gasteiger partial charge on any atom is 0.0961 e. The highest BCUT2D eigenvalue weighted by atomic mass is 16.3. The van der Waals surface area contributed by atoms with Gasteiger partial charge in [-0.25, -0.2) is 0 Å². The third-order valence-corrected chi connectivity index (χ3v) is 1.89. The van der Waals surface area contributed by atoms with Crippen LogP contribution in [0.2, 0.25) is 0 Å².